The summed E-state index contributed by atoms with van der Waals surface area (Å²) in [7, 11) is 0. The molecule has 3 aliphatic rings. The zero-order valence-corrected chi connectivity index (χ0v) is 23.4. The lowest BCUT2D eigenvalue weighted by atomic mass is 9.76. The van der Waals surface area contributed by atoms with Crippen molar-refractivity contribution in [3.05, 3.63) is 72.9 Å². The van der Waals surface area contributed by atoms with Gasteiger partial charge in [0.05, 0.1) is 5.69 Å². The van der Waals surface area contributed by atoms with Gasteiger partial charge >= 0.3 is 0 Å². The Morgan fingerprint density at radius 3 is 2.47 bits per heavy atom. The Bertz CT molecular complexity index is 1100. The van der Waals surface area contributed by atoms with Crippen molar-refractivity contribution in [1.82, 2.24) is 9.88 Å². The highest BCUT2D eigenvalue weighted by Gasteiger charge is 2.36. The van der Waals surface area contributed by atoms with E-state index in [4.69, 9.17) is 16.6 Å². The quantitative estimate of drug-likeness (QED) is 0.333. The van der Waals surface area contributed by atoms with Gasteiger partial charge in [0.2, 0.25) is 5.91 Å². The van der Waals surface area contributed by atoms with Crippen LogP contribution in [0.1, 0.15) is 73.2 Å². The van der Waals surface area contributed by atoms with Crippen molar-refractivity contribution in [3.63, 3.8) is 0 Å². The molecule has 0 bridgehead atoms. The summed E-state index contributed by atoms with van der Waals surface area (Å²) >= 11 is 13.9. The first kappa shape index (κ1) is 24.5. The van der Waals surface area contributed by atoms with Gasteiger partial charge in [0.15, 0.2) is 0 Å². The number of aryl methyl sites for hydroxylation is 2. The summed E-state index contributed by atoms with van der Waals surface area (Å²) in [4.78, 5) is 20.1. The van der Waals surface area contributed by atoms with Crippen LogP contribution in [0.2, 0.25) is 5.02 Å². The highest BCUT2D eigenvalue weighted by molar-refractivity contribution is 9.10. The smallest absolute Gasteiger partial charge is 0.222 e. The van der Waals surface area contributed by atoms with Crippen LogP contribution in [0.5, 0.6) is 0 Å². The fourth-order valence-corrected chi connectivity index (χ4v) is 7.68. The number of carbonyl (C=O) groups excluding carboxylic acids is 1. The molecule has 2 fully saturated rings. The molecule has 1 aliphatic heterocycles. The number of pyridine rings is 1. The molecule has 2 heterocycles. The third kappa shape index (κ3) is 5.17. The van der Waals surface area contributed by atoms with Crippen molar-refractivity contribution in [2.75, 3.05) is 13.1 Å². The third-order valence-electron chi connectivity index (χ3n) is 8.06. The van der Waals surface area contributed by atoms with Crippen molar-refractivity contribution in [2.45, 2.75) is 63.7 Å². The molecule has 0 spiro atoms. The second-order valence-corrected chi connectivity index (χ2v) is 12.5. The number of halogens is 3. The lowest BCUT2D eigenvalue weighted by Crippen LogP contribution is -2.41. The Kier molecular flexibility index (Phi) is 7.53. The van der Waals surface area contributed by atoms with Gasteiger partial charge in [-0.25, -0.2) is 0 Å². The van der Waals surface area contributed by atoms with Gasteiger partial charge in [0.1, 0.15) is 0 Å². The van der Waals surface area contributed by atoms with Crippen LogP contribution in [0.25, 0.3) is 0 Å². The number of carbonyl (C=O) groups is 1. The predicted octanol–water partition coefficient (Wildman–Crippen LogP) is 7.87. The molecule has 1 saturated carbocycles. The van der Waals surface area contributed by atoms with E-state index in [0.717, 1.165) is 78.4 Å². The third-order valence-corrected chi connectivity index (χ3v) is 9.36. The maximum atomic E-state index is 13.1. The monoisotopic (exact) mass is 604 g/mol. The second-order valence-electron chi connectivity index (χ2n) is 10.3. The van der Waals surface area contributed by atoms with Crippen LogP contribution in [-0.2, 0) is 17.6 Å². The summed E-state index contributed by atoms with van der Waals surface area (Å²) in [5.41, 5.74) is 6.51. The summed E-state index contributed by atoms with van der Waals surface area (Å²) in [5.74, 6) is 1.53. The lowest BCUT2D eigenvalue weighted by Gasteiger charge is -2.38. The Labute approximate surface area is 224 Å². The fraction of sp³-hybridized carbons (Fsp3) is 0.500. The minimum Gasteiger partial charge on any atom is -0.343 e. The minimum absolute atomic E-state index is 0.217. The van der Waals surface area contributed by atoms with Gasteiger partial charge in [0.25, 0.3) is 0 Å². The first-order valence-electron chi connectivity index (χ1n) is 12.5. The lowest BCUT2D eigenvalue weighted by molar-refractivity contribution is -0.133. The number of likely N-dealkylation sites (tertiary alicyclic amines) is 1. The molecule has 0 unspecified atom stereocenters. The van der Waals surface area contributed by atoms with Gasteiger partial charge in [-0.1, -0.05) is 39.7 Å². The molecule has 0 radical (unpaired) electrons. The summed E-state index contributed by atoms with van der Waals surface area (Å²) in [5, 5.41) is 0.774. The molecular weight excluding hydrogens is 576 g/mol. The van der Waals surface area contributed by atoms with Gasteiger partial charge in [-0.3, -0.25) is 9.78 Å². The molecule has 180 valence electrons. The van der Waals surface area contributed by atoms with Gasteiger partial charge in [-0.15, -0.1) is 0 Å². The molecule has 2 aliphatic carbocycles. The molecule has 2 aromatic rings. The van der Waals surface area contributed by atoms with Crippen LogP contribution in [0.15, 0.2) is 45.5 Å². The van der Waals surface area contributed by atoms with Crippen LogP contribution in [-0.4, -0.2) is 28.9 Å². The highest BCUT2D eigenvalue weighted by atomic mass is 79.9. The number of benzene rings is 1. The maximum Gasteiger partial charge on any atom is 0.222 e. The van der Waals surface area contributed by atoms with Crippen molar-refractivity contribution < 1.29 is 4.79 Å². The van der Waals surface area contributed by atoms with Crippen molar-refractivity contribution in [1.29, 1.82) is 0 Å². The average molecular weight is 607 g/mol. The van der Waals surface area contributed by atoms with E-state index in [2.05, 4.69) is 55.5 Å². The molecule has 1 aromatic carbocycles. The summed E-state index contributed by atoms with van der Waals surface area (Å²) in [6.07, 6.45) is 11.0. The SMILES string of the molecule is C=C1CCC(CC(=O)N2CCC([C@H]3c4ncc(Br)cc4CCc4cc(Cl)cc(Br)c43)CC2)CC1. The predicted molar refractivity (Wildman–Crippen MR) is 145 cm³/mol. The van der Waals surface area contributed by atoms with Crippen molar-refractivity contribution >= 4 is 49.4 Å². The number of rotatable bonds is 3. The van der Waals surface area contributed by atoms with E-state index >= 15 is 0 Å². The molecule has 0 N–H and O–H groups in total. The number of hydrogen-bond donors (Lipinski definition) is 0. The number of allylic oxidation sites excluding steroid dienone is 1. The second kappa shape index (κ2) is 10.4. The van der Waals surface area contributed by atoms with Gasteiger partial charge < -0.3 is 4.90 Å². The minimum atomic E-state index is 0.217. The standard InChI is InChI=1S/C28H31Br2ClN2O/c1-17-2-4-18(5-3-17)12-25(34)33-10-8-19(9-11-33)27-26-20(14-23(31)15-24(26)30)6-7-21-13-22(29)16-32-28(21)27/h13-16,18-19,27H,1-12H2/t27-/m1/s1. The van der Waals surface area contributed by atoms with E-state index in [-0.39, 0.29) is 5.92 Å². The Balaban J connectivity index is 1.36. The summed E-state index contributed by atoms with van der Waals surface area (Å²) < 4.78 is 2.11. The number of fused-ring (bicyclic) bond motifs is 2. The van der Waals surface area contributed by atoms with Crippen LogP contribution in [0, 0.1) is 11.8 Å². The van der Waals surface area contributed by atoms with Crippen LogP contribution < -0.4 is 0 Å². The molecule has 1 saturated heterocycles. The van der Waals surface area contributed by atoms with Gasteiger partial charge in [-0.05, 0) is 114 Å². The Hall–Kier alpha value is -1.17. The number of amides is 1. The number of hydrogen-bond acceptors (Lipinski definition) is 2. The Morgan fingerprint density at radius 1 is 1.03 bits per heavy atom. The molecular formula is C28H31Br2ClN2O. The first-order chi connectivity index (χ1) is 16.4. The number of nitrogens with zero attached hydrogens (tertiary/aromatic N) is 2. The van der Waals surface area contributed by atoms with Gasteiger partial charge in [0, 0.05) is 45.6 Å². The van der Waals surface area contributed by atoms with E-state index < -0.39 is 0 Å². The first-order valence-corrected chi connectivity index (χ1v) is 14.4. The van der Waals surface area contributed by atoms with Crippen LogP contribution in [0.3, 0.4) is 0 Å². The topological polar surface area (TPSA) is 33.2 Å². The van der Waals surface area contributed by atoms with E-state index in [1.54, 1.807) is 0 Å². The zero-order valence-electron chi connectivity index (χ0n) is 19.5. The summed E-state index contributed by atoms with van der Waals surface area (Å²) in [6.45, 7) is 5.79. The highest BCUT2D eigenvalue weighted by Crippen LogP contribution is 2.46. The number of piperidine rings is 1. The molecule has 1 amide bonds. The molecule has 5 rings (SSSR count). The van der Waals surface area contributed by atoms with Crippen LogP contribution in [0.4, 0.5) is 0 Å². The van der Waals surface area contributed by atoms with E-state index in [0.29, 0.717) is 24.2 Å². The average Bonchev–Trinajstić information content (AvgIpc) is 2.97. The van der Waals surface area contributed by atoms with Crippen molar-refractivity contribution in [2.24, 2.45) is 11.8 Å². The van der Waals surface area contributed by atoms with Gasteiger partial charge in [-0.2, -0.15) is 0 Å². The number of aromatic nitrogens is 1. The van der Waals surface area contributed by atoms with Crippen LogP contribution >= 0.6 is 43.5 Å². The zero-order chi connectivity index (χ0) is 23.8. The Morgan fingerprint density at radius 2 is 1.74 bits per heavy atom. The maximum absolute atomic E-state index is 13.1. The normalized spacial score (nSPS) is 21.7. The molecule has 1 aromatic heterocycles. The van der Waals surface area contributed by atoms with E-state index in [9.17, 15) is 4.79 Å². The fourth-order valence-electron chi connectivity index (χ4n) is 6.18. The molecule has 6 heteroatoms. The summed E-state index contributed by atoms with van der Waals surface area (Å²) in [6, 6.07) is 6.38. The molecule has 3 nitrogen and oxygen atoms in total. The largest absolute Gasteiger partial charge is 0.343 e. The van der Waals surface area contributed by atoms with E-state index in [1.165, 1.54) is 28.0 Å². The molecule has 1 atom stereocenters. The molecule has 34 heavy (non-hydrogen) atoms. The van der Waals surface area contributed by atoms with E-state index in [1.807, 2.05) is 12.3 Å². The van der Waals surface area contributed by atoms with Crippen molar-refractivity contribution in [3.8, 4) is 0 Å².